The SMILES string of the molecule is CC1(C(=O)O)NC(c2ccccn2)C2C(=O)N(C(C)(C)C)C(=O)C21. The molecule has 4 atom stereocenters. The molecule has 0 radical (unpaired) electrons. The molecule has 7 nitrogen and oxygen atoms in total. The van der Waals surface area contributed by atoms with Gasteiger partial charge in [-0.2, -0.15) is 0 Å². The number of hydrogen-bond donors (Lipinski definition) is 2. The van der Waals surface area contributed by atoms with Gasteiger partial charge in [0.1, 0.15) is 5.54 Å². The average Bonchev–Trinajstić information content (AvgIpc) is 2.95. The minimum atomic E-state index is -1.51. The molecule has 2 saturated heterocycles. The van der Waals surface area contributed by atoms with E-state index in [0.29, 0.717) is 5.69 Å². The Labute approximate surface area is 140 Å². The number of hydrogen-bond acceptors (Lipinski definition) is 5. The zero-order chi connectivity index (χ0) is 17.9. The molecule has 24 heavy (non-hydrogen) atoms. The summed E-state index contributed by atoms with van der Waals surface area (Å²) in [4.78, 5) is 43.3. The summed E-state index contributed by atoms with van der Waals surface area (Å²) in [6.07, 6.45) is 1.59. The summed E-state index contributed by atoms with van der Waals surface area (Å²) in [5, 5.41) is 12.7. The molecule has 1 aromatic heterocycles. The summed E-state index contributed by atoms with van der Waals surface area (Å²) in [6.45, 7) is 6.77. The van der Waals surface area contributed by atoms with Crippen LogP contribution in [0.25, 0.3) is 0 Å². The van der Waals surface area contributed by atoms with Gasteiger partial charge in [-0.3, -0.25) is 29.6 Å². The van der Waals surface area contributed by atoms with Crippen molar-refractivity contribution in [3.63, 3.8) is 0 Å². The molecule has 3 rings (SSSR count). The third-order valence-electron chi connectivity index (χ3n) is 4.91. The number of aliphatic carboxylic acids is 1. The normalized spacial score (nSPS) is 33.0. The van der Waals surface area contributed by atoms with Crippen molar-refractivity contribution in [1.29, 1.82) is 0 Å². The van der Waals surface area contributed by atoms with Crippen LogP contribution in [-0.4, -0.2) is 43.9 Å². The Morgan fingerprint density at radius 3 is 2.46 bits per heavy atom. The maximum Gasteiger partial charge on any atom is 0.324 e. The number of aromatic nitrogens is 1. The van der Waals surface area contributed by atoms with E-state index in [4.69, 9.17) is 0 Å². The van der Waals surface area contributed by atoms with E-state index in [0.717, 1.165) is 0 Å². The number of imide groups is 1. The average molecular weight is 331 g/mol. The van der Waals surface area contributed by atoms with Crippen LogP contribution >= 0.6 is 0 Å². The molecule has 2 aliphatic heterocycles. The summed E-state index contributed by atoms with van der Waals surface area (Å²) in [5.74, 6) is -3.65. The lowest BCUT2D eigenvalue weighted by molar-refractivity contribution is -0.152. The molecular weight excluding hydrogens is 310 g/mol. The molecule has 1 aromatic rings. The van der Waals surface area contributed by atoms with E-state index in [1.807, 2.05) is 0 Å². The van der Waals surface area contributed by atoms with Gasteiger partial charge < -0.3 is 5.11 Å². The number of likely N-dealkylation sites (tertiary alicyclic amines) is 1. The molecule has 7 heteroatoms. The number of carbonyl (C=O) groups excluding carboxylic acids is 2. The molecule has 0 spiro atoms. The quantitative estimate of drug-likeness (QED) is 0.783. The van der Waals surface area contributed by atoms with Crippen LogP contribution in [0.3, 0.4) is 0 Å². The van der Waals surface area contributed by atoms with Crippen molar-refractivity contribution in [1.82, 2.24) is 15.2 Å². The van der Waals surface area contributed by atoms with E-state index in [1.165, 1.54) is 11.8 Å². The van der Waals surface area contributed by atoms with Gasteiger partial charge in [-0.1, -0.05) is 6.07 Å². The second-order valence-corrected chi connectivity index (χ2v) is 7.57. The highest BCUT2D eigenvalue weighted by Gasteiger charge is 2.68. The molecule has 0 aromatic carbocycles. The maximum atomic E-state index is 13.0. The first-order valence-electron chi connectivity index (χ1n) is 7.89. The Morgan fingerprint density at radius 2 is 1.96 bits per heavy atom. The smallest absolute Gasteiger partial charge is 0.324 e. The molecule has 0 aliphatic carbocycles. The number of pyridine rings is 1. The number of amides is 2. The number of carboxylic acids is 1. The highest BCUT2D eigenvalue weighted by Crippen LogP contribution is 2.49. The van der Waals surface area contributed by atoms with Gasteiger partial charge in [-0.15, -0.1) is 0 Å². The van der Waals surface area contributed by atoms with Gasteiger partial charge in [-0.25, -0.2) is 0 Å². The molecule has 4 unspecified atom stereocenters. The van der Waals surface area contributed by atoms with Crippen LogP contribution in [0.4, 0.5) is 0 Å². The lowest BCUT2D eigenvalue weighted by Crippen LogP contribution is -2.55. The summed E-state index contributed by atoms with van der Waals surface area (Å²) < 4.78 is 0. The highest BCUT2D eigenvalue weighted by molar-refractivity contribution is 6.09. The first kappa shape index (κ1) is 16.6. The topological polar surface area (TPSA) is 99.6 Å². The van der Waals surface area contributed by atoms with Crippen LogP contribution in [0.5, 0.6) is 0 Å². The van der Waals surface area contributed by atoms with Crippen LogP contribution in [0.2, 0.25) is 0 Å². The van der Waals surface area contributed by atoms with Crippen LogP contribution < -0.4 is 5.32 Å². The molecule has 0 bridgehead atoms. The monoisotopic (exact) mass is 331 g/mol. The number of nitrogens with one attached hydrogen (secondary N) is 1. The van der Waals surface area contributed by atoms with Gasteiger partial charge in [0.25, 0.3) is 0 Å². The van der Waals surface area contributed by atoms with Crippen LogP contribution in [0, 0.1) is 11.8 Å². The van der Waals surface area contributed by atoms with Crippen molar-refractivity contribution in [2.75, 3.05) is 0 Å². The number of nitrogens with zero attached hydrogens (tertiary/aromatic N) is 2. The fraction of sp³-hybridized carbons (Fsp3) is 0.529. The van der Waals surface area contributed by atoms with Gasteiger partial charge in [0.05, 0.1) is 23.6 Å². The van der Waals surface area contributed by atoms with E-state index < -0.39 is 40.8 Å². The van der Waals surface area contributed by atoms with E-state index in [9.17, 15) is 19.5 Å². The molecule has 0 saturated carbocycles. The van der Waals surface area contributed by atoms with E-state index in [2.05, 4.69) is 10.3 Å². The van der Waals surface area contributed by atoms with Crippen molar-refractivity contribution in [2.45, 2.75) is 44.8 Å². The third kappa shape index (κ3) is 2.15. The molecule has 3 heterocycles. The van der Waals surface area contributed by atoms with E-state index in [1.54, 1.807) is 45.2 Å². The summed E-state index contributed by atoms with van der Waals surface area (Å²) in [7, 11) is 0. The first-order chi connectivity index (χ1) is 11.1. The lowest BCUT2D eigenvalue weighted by atomic mass is 9.81. The predicted molar refractivity (Wildman–Crippen MR) is 84.7 cm³/mol. The Morgan fingerprint density at radius 1 is 1.29 bits per heavy atom. The van der Waals surface area contributed by atoms with E-state index in [-0.39, 0.29) is 5.91 Å². The first-order valence-corrected chi connectivity index (χ1v) is 7.89. The number of rotatable bonds is 2. The molecular formula is C17H21N3O4. The van der Waals surface area contributed by atoms with Crippen molar-refractivity contribution in [3.05, 3.63) is 30.1 Å². The summed E-state index contributed by atoms with van der Waals surface area (Å²) >= 11 is 0. The number of carbonyl (C=O) groups is 3. The minimum Gasteiger partial charge on any atom is -0.480 e. The van der Waals surface area contributed by atoms with Gasteiger partial charge in [-0.05, 0) is 39.8 Å². The van der Waals surface area contributed by atoms with Crippen molar-refractivity contribution < 1.29 is 19.5 Å². The van der Waals surface area contributed by atoms with Crippen LogP contribution in [0.15, 0.2) is 24.4 Å². The Kier molecular flexibility index (Phi) is 3.53. The second-order valence-electron chi connectivity index (χ2n) is 7.57. The van der Waals surface area contributed by atoms with Crippen molar-refractivity contribution in [2.24, 2.45) is 11.8 Å². The molecule has 2 aliphatic rings. The minimum absolute atomic E-state index is 0.342. The Balaban J connectivity index is 2.13. The van der Waals surface area contributed by atoms with E-state index >= 15 is 0 Å². The fourth-order valence-corrected chi connectivity index (χ4v) is 3.81. The fourth-order valence-electron chi connectivity index (χ4n) is 3.81. The van der Waals surface area contributed by atoms with Crippen LogP contribution in [-0.2, 0) is 14.4 Å². The Bertz CT molecular complexity index is 712. The zero-order valence-corrected chi connectivity index (χ0v) is 14.1. The second kappa shape index (κ2) is 5.11. The number of carboxylic acid groups (broad SMARTS) is 1. The van der Waals surface area contributed by atoms with Crippen LogP contribution in [0.1, 0.15) is 39.4 Å². The van der Waals surface area contributed by atoms with Gasteiger partial charge in [0, 0.05) is 11.7 Å². The molecule has 2 fully saturated rings. The number of fused-ring (bicyclic) bond motifs is 1. The standard InChI is InChI=1S/C17H21N3O4/c1-16(2,3)20-13(21)10-11(14(20)22)17(4,15(23)24)19-12(10)9-7-5-6-8-18-9/h5-8,10-12,19H,1-4H3,(H,23,24). The molecule has 2 amide bonds. The maximum absolute atomic E-state index is 13.0. The van der Waals surface area contributed by atoms with Crippen molar-refractivity contribution >= 4 is 17.8 Å². The highest BCUT2D eigenvalue weighted by atomic mass is 16.4. The Hall–Kier alpha value is -2.28. The van der Waals surface area contributed by atoms with Gasteiger partial charge in [0.15, 0.2) is 0 Å². The largest absolute Gasteiger partial charge is 0.480 e. The van der Waals surface area contributed by atoms with Gasteiger partial charge in [0.2, 0.25) is 11.8 Å². The van der Waals surface area contributed by atoms with Gasteiger partial charge >= 0.3 is 5.97 Å². The predicted octanol–water partition coefficient (Wildman–Crippen LogP) is 0.969. The molecule has 2 N–H and O–H groups in total. The summed E-state index contributed by atoms with van der Waals surface area (Å²) in [6, 6.07) is 4.65. The summed E-state index contributed by atoms with van der Waals surface area (Å²) in [5.41, 5.74) is -1.65. The van der Waals surface area contributed by atoms with Crippen molar-refractivity contribution in [3.8, 4) is 0 Å². The zero-order valence-electron chi connectivity index (χ0n) is 14.1. The third-order valence-corrected chi connectivity index (χ3v) is 4.91. The lowest BCUT2D eigenvalue weighted by Gasteiger charge is -2.33. The molecule has 128 valence electrons.